The summed E-state index contributed by atoms with van der Waals surface area (Å²) in [6, 6.07) is 8.77. The maximum atomic E-state index is 12.7. The molecule has 0 aliphatic carbocycles. The van der Waals surface area contributed by atoms with Crippen LogP contribution in [0.3, 0.4) is 0 Å². The van der Waals surface area contributed by atoms with Crippen molar-refractivity contribution in [3.63, 3.8) is 0 Å². The molecule has 0 N–H and O–H groups in total. The second-order valence-electron chi connectivity index (χ2n) is 5.32. The lowest BCUT2D eigenvalue weighted by Gasteiger charge is -2.36. The molecule has 19 heavy (non-hydrogen) atoms. The maximum absolute atomic E-state index is 12.7. The molecule has 0 aliphatic rings. The highest BCUT2D eigenvalue weighted by atomic mass is 79.9. The van der Waals surface area contributed by atoms with E-state index in [4.69, 9.17) is 4.74 Å². The van der Waals surface area contributed by atoms with Gasteiger partial charge in [0.2, 0.25) is 0 Å². The fraction of sp³-hybridized carbons (Fsp3) is 0.467. The van der Waals surface area contributed by atoms with Crippen molar-refractivity contribution < 1.29 is 14.3 Å². The zero-order valence-corrected chi connectivity index (χ0v) is 13.3. The monoisotopic (exact) mass is 326 g/mol. The van der Waals surface area contributed by atoms with Gasteiger partial charge >= 0.3 is 5.97 Å². The summed E-state index contributed by atoms with van der Waals surface area (Å²) in [6.07, 6.45) is 0. The topological polar surface area (TPSA) is 43.4 Å². The van der Waals surface area contributed by atoms with Crippen molar-refractivity contribution in [2.45, 2.75) is 32.0 Å². The summed E-state index contributed by atoms with van der Waals surface area (Å²) in [7, 11) is 0. The van der Waals surface area contributed by atoms with Crippen molar-refractivity contribution >= 4 is 27.7 Å². The number of carbonyl (C=O) groups is 2. The summed E-state index contributed by atoms with van der Waals surface area (Å²) in [5.74, 6) is -0.824. The highest BCUT2D eigenvalue weighted by Crippen LogP contribution is 2.42. The van der Waals surface area contributed by atoms with Gasteiger partial charge < -0.3 is 4.74 Å². The normalized spacial score (nSPS) is 14.6. The standard InChI is InChI=1S/C15H19BrO3/c1-5-19-13(18)15(16,14(2,3)4)12(17)11-9-7-6-8-10-11/h6-10H,5H2,1-4H3. The molecule has 0 bridgehead atoms. The maximum Gasteiger partial charge on any atom is 0.331 e. The Balaban J connectivity index is 3.26. The molecule has 0 amide bonds. The molecule has 1 aromatic rings. The van der Waals surface area contributed by atoms with Gasteiger partial charge in [-0.15, -0.1) is 0 Å². The van der Waals surface area contributed by atoms with Crippen LogP contribution in [0, 0.1) is 5.41 Å². The molecule has 0 fully saturated rings. The first-order valence-electron chi connectivity index (χ1n) is 6.21. The summed E-state index contributed by atoms with van der Waals surface area (Å²) in [5, 5.41) is 0. The minimum atomic E-state index is -1.38. The molecule has 0 aliphatic heterocycles. The van der Waals surface area contributed by atoms with Crippen molar-refractivity contribution in [2.75, 3.05) is 6.61 Å². The lowest BCUT2D eigenvalue weighted by Crippen LogP contribution is -2.52. The van der Waals surface area contributed by atoms with Crippen molar-refractivity contribution in [3.8, 4) is 0 Å². The van der Waals surface area contributed by atoms with Gasteiger partial charge in [-0.25, -0.2) is 0 Å². The first-order valence-corrected chi connectivity index (χ1v) is 7.00. The quantitative estimate of drug-likeness (QED) is 0.367. The number of benzene rings is 1. The second-order valence-corrected chi connectivity index (χ2v) is 6.51. The zero-order chi connectivity index (χ0) is 14.7. The number of Topliss-reactive ketones (excluding diaryl/α,β-unsaturated/α-hetero) is 1. The van der Waals surface area contributed by atoms with E-state index in [1.165, 1.54) is 0 Å². The van der Waals surface area contributed by atoms with Crippen molar-refractivity contribution in [2.24, 2.45) is 5.41 Å². The summed E-state index contributed by atoms with van der Waals surface area (Å²) < 4.78 is 3.69. The molecule has 0 saturated carbocycles. The van der Waals surface area contributed by atoms with Crippen molar-refractivity contribution in [1.82, 2.24) is 0 Å². The Morgan fingerprint density at radius 1 is 1.16 bits per heavy atom. The molecule has 0 spiro atoms. The Morgan fingerprint density at radius 3 is 2.11 bits per heavy atom. The Hall–Kier alpha value is -1.16. The van der Waals surface area contributed by atoms with Gasteiger partial charge in [-0.3, -0.25) is 9.59 Å². The average Bonchev–Trinajstić information content (AvgIpc) is 2.36. The number of esters is 1. The highest BCUT2D eigenvalue weighted by molar-refractivity contribution is 9.10. The fourth-order valence-electron chi connectivity index (χ4n) is 1.76. The van der Waals surface area contributed by atoms with Crippen LogP contribution in [0.2, 0.25) is 0 Å². The van der Waals surface area contributed by atoms with Gasteiger partial charge in [0.15, 0.2) is 10.1 Å². The van der Waals surface area contributed by atoms with Gasteiger partial charge in [0, 0.05) is 5.56 Å². The van der Waals surface area contributed by atoms with Crippen LogP contribution in [-0.4, -0.2) is 22.7 Å². The Morgan fingerprint density at radius 2 is 1.68 bits per heavy atom. The predicted molar refractivity (Wildman–Crippen MR) is 78.5 cm³/mol. The largest absolute Gasteiger partial charge is 0.465 e. The number of rotatable bonds is 4. The molecule has 1 aromatic carbocycles. The van der Waals surface area contributed by atoms with E-state index >= 15 is 0 Å². The number of halogens is 1. The predicted octanol–water partition coefficient (Wildman–Crippen LogP) is 3.61. The fourth-order valence-corrected chi connectivity index (χ4v) is 2.10. The number of hydrogen-bond donors (Lipinski definition) is 0. The first kappa shape index (κ1) is 15.9. The van der Waals surface area contributed by atoms with Crippen LogP contribution in [-0.2, 0) is 9.53 Å². The minimum absolute atomic E-state index is 0.240. The molecule has 0 radical (unpaired) electrons. The van der Waals surface area contributed by atoms with Gasteiger partial charge in [0.25, 0.3) is 0 Å². The number of ether oxygens (including phenoxy) is 1. The molecule has 1 atom stereocenters. The minimum Gasteiger partial charge on any atom is -0.465 e. The molecule has 1 rings (SSSR count). The molecule has 3 nitrogen and oxygen atoms in total. The van der Waals surface area contributed by atoms with Crippen LogP contribution in [0.5, 0.6) is 0 Å². The number of hydrogen-bond acceptors (Lipinski definition) is 3. The van der Waals surface area contributed by atoms with E-state index < -0.39 is 15.7 Å². The summed E-state index contributed by atoms with van der Waals surface area (Å²) in [6.45, 7) is 7.46. The van der Waals surface area contributed by atoms with Crippen molar-refractivity contribution in [3.05, 3.63) is 35.9 Å². The third kappa shape index (κ3) is 3.06. The average molecular weight is 327 g/mol. The molecular weight excluding hydrogens is 308 g/mol. The van der Waals surface area contributed by atoms with E-state index in [9.17, 15) is 9.59 Å². The van der Waals surface area contributed by atoms with Crippen LogP contribution in [0.1, 0.15) is 38.1 Å². The second kappa shape index (κ2) is 5.87. The van der Waals surface area contributed by atoms with Crippen molar-refractivity contribution in [1.29, 1.82) is 0 Å². The molecule has 1 unspecified atom stereocenters. The zero-order valence-electron chi connectivity index (χ0n) is 11.7. The van der Waals surface area contributed by atoms with Gasteiger partial charge in [-0.05, 0) is 12.3 Å². The summed E-state index contributed by atoms with van der Waals surface area (Å²) in [4.78, 5) is 24.9. The van der Waals surface area contributed by atoms with Crippen LogP contribution in [0.15, 0.2) is 30.3 Å². The van der Waals surface area contributed by atoms with Crippen LogP contribution in [0.4, 0.5) is 0 Å². The SMILES string of the molecule is CCOC(=O)C(Br)(C(=O)c1ccccc1)C(C)(C)C. The molecule has 0 aromatic heterocycles. The third-order valence-electron chi connectivity index (χ3n) is 2.94. The number of alkyl halides is 1. The van der Waals surface area contributed by atoms with Gasteiger partial charge in [0.1, 0.15) is 0 Å². The van der Waals surface area contributed by atoms with E-state index in [0.29, 0.717) is 5.56 Å². The van der Waals surface area contributed by atoms with E-state index in [2.05, 4.69) is 15.9 Å². The van der Waals surface area contributed by atoms with Gasteiger partial charge in [-0.1, -0.05) is 67.0 Å². The molecule has 4 heteroatoms. The number of carbonyl (C=O) groups excluding carboxylic acids is 2. The summed E-state index contributed by atoms with van der Waals surface area (Å²) >= 11 is 3.35. The first-order chi connectivity index (χ1) is 8.75. The molecule has 104 valence electrons. The Bertz CT molecular complexity index is 462. The van der Waals surface area contributed by atoms with E-state index in [0.717, 1.165) is 0 Å². The van der Waals surface area contributed by atoms with Gasteiger partial charge in [0.05, 0.1) is 6.61 Å². The van der Waals surface area contributed by atoms with Crippen LogP contribution < -0.4 is 0 Å². The van der Waals surface area contributed by atoms with E-state index in [1.54, 1.807) is 31.2 Å². The van der Waals surface area contributed by atoms with Crippen LogP contribution >= 0.6 is 15.9 Å². The van der Waals surface area contributed by atoms with Gasteiger partial charge in [-0.2, -0.15) is 0 Å². The van der Waals surface area contributed by atoms with Crippen LogP contribution in [0.25, 0.3) is 0 Å². The molecule has 0 saturated heterocycles. The Labute approximate surface area is 122 Å². The lowest BCUT2D eigenvalue weighted by atomic mass is 9.76. The third-order valence-corrected chi connectivity index (χ3v) is 4.81. The molecule has 0 heterocycles. The van der Waals surface area contributed by atoms with E-state index in [-0.39, 0.29) is 12.4 Å². The smallest absolute Gasteiger partial charge is 0.331 e. The van der Waals surface area contributed by atoms with E-state index in [1.807, 2.05) is 26.8 Å². The molecular formula is C15H19BrO3. The lowest BCUT2D eigenvalue weighted by molar-refractivity contribution is -0.146. The Kier molecular flexibility index (Phi) is 4.91. The number of ketones is 1. The summed E-state index contributed by atoms with van der Waals surface area (Å²) in [5.41, 5.74) is -0.117. The highest BCUT2D eigenvalue weighted by Gasteiger charge is 2.54.